The Labute approximate surface area is 246 Å². The number of amides is 2. The molecule has 2 aromatic heterocycles. The number of carbonyl (C=O) groups excluding carboxylic acids is 4. The Hall–Kier alpha value is -3.71. The maximum Gasteiger partial charge on any atom is 0.357 e. The Morgan fingerprint density at radius 3 is 2.66 bits per heavy atom. The van der Waals surface area contributed by atoms with E-state index in [9.17, 15) is 19.2 Å². The maximum atomic E-state index is 13.3. The molecule has 4 heterocycles. The lowest BCUT2D eigenvalue weighted by Crippen LogP contribution is -2.71. The van der Waals surface area contributed by atoms with Crippen molar-refractivity contribution in [3.05, 3.63) is 22.3 Å². The van der Waals surface area contributed by atoms with Crippen LogP contribution in [0.4, 0.5) is 5.13 Å². The van der Waals surface area contributed by atoms with Gasteiger partial charge in [-0.3, -0.25) is 19.3 Å². The van der Waals surface area contributed by atoms with Crippen LogP contribution in [-0.2, 0) is 40.5 Å². The van der Waals surface area contributed by atoms with Crippen LogP contribution >= 0.6 is 34.9 Å². The lowest BCUT2D eigenvalue weighted by atomic mass is 9.98. The normalized spacial score (nSPS) is 18.9. The van der Waals surface area contributed by atoms with Gasteiger partial charge in [-0.15, -0.1) is 28.2 Å². The first-order valence-corrected chi connectivity index (χ1v) is 14.8. The summed E-state index contributed by atoms with van der Waals surface area (Å²) in [6.45, 7) is 4.37. The van der Waals surface area contributed by atoms with Crippen LogP contribution in [0, 0.1) is 5.41 Å². The first-order chi connectivity index (χ1) is 19.4. The second-order valence-electron chi connectivity index (χ2n) is 9.61. The number of thioether (sulfide) groups is 2. The van der Waals surface area contributed by atoms with E-state index in [0.717, 1.165) is 11.3 Å². The Morgan fingerprint density at radius 1 is 1.29 bits per heavy atom. The van der Waals surface area contributed by atoms with Crippen LogP contribution in [0.5, 0.6) is 0 Å². The first-order valence-electron chi connectivity index (χ1n) is 11.9. The SMILES string of the molecule is CO/N=C(/C(=O)N[C@@H]1C(=O)N2C(C(=O)OCOC(=O)C(C)(C)C)=C(CSc3nnnn3C)CS[C@H]12)c1csc(N)n1. The number of oxime groups is 1. The number of anilines is 1. The number of hydrogen-bond donors (Lipinski definition) is 2. The van der Waals surface area contributed by atoms with Crippen molar-refractivity contribution < 1.29 is 33.5 Å². The van der Waals surface area contributed by atoms with Gasteiger partial charge in [0.05, 0.1) is 5.41 Å². The van der Waals surface area contributed by atoms with Crippen LogP contribution in [0.15, 0.2) is 27.0 Å². The summed E-state index contributed by atoms with van der Waals surface area (Å²) in [7, 11) is 2.95. The molecule has 1 fully saturated rings. The van der Waals surface area contributed by atoms with Crippen LogP contribution in [0.3, 0.4) is 0 Å². The molecule has 19 heteroatoms. The van der Waals surface area contributed by atoms with Gasteiger partial charge in [0.1, 0.15) is 29.9 Å². The first kappa shape index (κ1) is 30.3. The van der Waals surface area contributed by atoms with E-state index in [-0.39, 0.29) is 28.0 Å². The lowest BCUT2D eigenvalue weighted by molar-refractivity contribution is -0.173. The van der Waals surface area contributed by atoms with E-state index in [4.69, 9.17) is 20.0 Å². The quantitative estimate of drug-likeness (QED) is 0.0899. The minimum atomic E-state index is -0.968. The Balaban J connectivity index is 1.52. The number of hydrogen-bond acceptors (Lipinski definition) is 16. The minimum Gasteiger partial charge on any atom is -0.427 e. The number of rotatable bonds is 10. The number of aromatic nitrogens is 5. The van der Waals surface area contributed by atoms with Crippen molar-refractivity contribution in [2.75, 3.05) is 31.1 Å². The summed E-state index contributed by atoms with van der Waals surface area (Å²) in [5.74, 6) is -2.02. The third kappa shape index (κ3) is 6.62. The van der Waals surface area contributed by atoms with Gasteiger partial charge >= 0.3 is 11.9 Å². The molecule has 2 atom stereocenters. The Kier molecular flexibility index (Phi) is 9.17. The summed E-state index contributed by atoms with van der Waals surface area (Å²) in [6, 6.07) is -0.968. The molecule has 2 aromatic rings. The summed E-state index contributed by atoms with van der Waals surface area (Å²) in [5.41, 5.74) is 5.52. The van der Waals surface area contributed by atoms with E-state index in [2.05, 4.69) is 31.0 Å². The number of nitrogen functional groups attached to an aromatic ring is 1. The number of esters is 2. The second-order valence-corrected chi connectivity index (χ2v) is 12.5. The number of tetrazole rings is 1. The number of β-lactam (4-membered cyclic amide) rings is 1. The summed E-state index contributed by atoms with van der Waals surface area (Å²) < 4.78 is 11.8. The zero-order valence-corrected chi connectivity index (χ0v) is 25.1. The van der Waals surface area contributed by atoms with Crippen molar-refractivity contribution in [3.63, 3.8) is 0 Å². The smallest absolute Gasteiger partial charge is 0.357 e. The molecule has 2 aliphatic heterocycles. The fourth-order valence-electron chi connectivity index (χ4n) is 3.60. The van der Waals surface area contributed by atoms with Gasteiger partial charge < -0.3 is 25.4 Å². The topological polar surface area (TPSA) is 206 Å². The van der Waals surface area contributed by atoms with Crippen LogP contribution in [0.25, 0.3) is 0 Å². The molecule has 0 aromatic carbocycles. The Morgan fingerprint density at radius 2 is 2.05 bits per heavy atom. The molecular formula is C22H27N9O7S3. The van der Waals surface area contributed by atoms with Crippen molar-refractivity contribution in [2.24, 2.45) is 17.6 Å². The van der Waals surface area contributed by atoms with Gasteiger partial charge in [0, 0.05) is 23.9 Å². The molecule has 0 aliphatic carbocycles. The van der Waals surface area contributed by atoms with Gasteiger partial charge in [-0.05, 0) is 36.8 Å². The van der Waals surface area contributed by atoms with Gasteiger partial charge in [0.2, 0.25) is 11.9 Å². The van der Waals surface area contributed by atoms with E-state index in [1.807, 2.05) is 0 Å². The summed E-state index contributed by atoms with van der Waals surface area (Å²) in [6.07, 6.45) is 0. The van der Waals surface area contributed by atoms with Crippen molar-refractivity contribution >= 4 is 69.5 Å². The molecule has 0 radical (unpaired) electrons. The summed E-state index contributed by atoms with van der Waals surface area (Å²) in [4.78, 5) is 61.8. The van der Waals surface area contributed by atoms with Crippen molar-refractivity contribution in [1.82, 2.24) is 35.4 Å². The average molecular weight is 626 g/mol. The molecule has 2 aliphatic rings. The van der Waals surface area contributed by atoms with Crippen molar-refractivity contribution in [2.45, 2.75) is 37.3 Å². The Bertz CT molecular complexity index is 1420. The van der Waals surface area contributed by atoms with Crippen LogP contribution in [0.2, 0.25) is 0 Å². The number of ether oxygens (including phenoxy) is 2. The van der Waals surface area contributed by atoms with E-state index < -0.39 is 47.4 Å². The molecule has 2 amide bonds. The zero-order valence-electron chi connectivity index (χ0n) is 22.6. The standard InChI is InChI=1S/C22H27N9O7S3/c1-22(2,3)19(35)38-9-37-18(34)14-10(7-41-21-26-28-29-30(21)4)6-39-17-13(16(33)31(14)17)25-15(32)12(27-36-5)11-8-40-20(23)24-11/h8,13,17H,6-7,9H2,1-5H3,(H2,23,24)(H,25,32)/b27-12+/t13-,17-/m1/s1. The van der Waals surface area contributed by atoms with E-state index in [0.29, 0.717) is 16.5 Å². The molecule has 1 saturated heterocycles. The highest BCUT2D eigenvalue weighted by Gasteiger charge is 2.54. The molecular weight excluding hydrogens is 598 g/mol. The lowest BCUT2D eigenvalue weighted by Gasteiger charge is -2.49. The molecule has 220 valence electrons. The van der Waals surface area contributed by atoms with Gasteiger partial charge in [0.15, 0.2) is 10.8 Å². The highest BCUT2D eigenvalue weighted by atomic mass is 32.2. The molecule has 0 saturated carbocycles. The molecule has 0 bridgehead atoms. The number of nitrogens with zero attached hydrogens (tertiary/aromatic N) is 7. The third-order valence-corrected chi connectivity index (χ3v) is 8.75. The highest BCUT2D eigenvalue weighted by Crippen LogP contribution is 2.42. The maximum absolute atomic E-state index is 13.3. The van der Waals surface area contributed by atoms with Gasteiger partial charge in [-0.25, -0.2) is 14.5 Å². The number of thiazole rings is 1. The number of nitrogens with two attached hydrogens (primary N) is 1. The van der Waals surface area contributed by atoms with E-state index in [1.54, 1.807) is 27.8 Å². The molecule has 3 N–H and O–H groups in total. The molecule has 0 spiro atoms. The van der Waals surface area contributed by atoms with Crippen LogP contribution in [0.1, 0.15) is 26.5 Å². The predicted octanol–water partition coefficient (Wildman–Crippen LogP) is 0.136. The monoisotopic (exact) mass is 625 g/mol. The largest absolute Gasteiger partial charge is 0.427 e. The third-order valence-electron chi connectivity index (χ3n) is 5.64. The number of carbonyl (C=O) groups is 4. The van der Waals surface area contributed by atoms with Crippen LogP contribution in [-0.4, -0.2) is 96.4 Å². The van der Waals surface area contributed by atoms with E-state index in [1.165, 1.54) is 45.6 Å². The molecule has 0 unspecified atom stereocenters. The highest BCUT2D eigenvalue weighted by molar-refractivity contribution is 8.01. The van der Waals surface area contributed by atoms with Crippen molar-refractivity contribution in [3.8, 4) is 0 Å². The number of fused-ring (bicyclic) bond motifs is 1. The van der Waals surface area contributed by atoms with Crippen LogP contribution < -0.4 is 11.1 Å². The summed E-state index contributed by atoms with van der Waals surface area (Å²) >= 11 is 3.75. The predicted molar refractivity (Wildman–Crippen MR) is 148 cm³/mol. The summed E-state index contributed by atoms with van der Waals surface area (Å²) in [5, 5.41) is 19.4. The number of nitrogens with one attached hydrogen (secondary N) is 1. The van der Waals surface area contributed by atoms with Gasteiger partial charge in [0.25, 0.3) is 11.8 Å². The van der Waals surface area contributed by atoms with E-state index >= 15 is 0 Å². The average Bonchev–Trinajstić information content (AvgIpc) is 3.54. The molecule has 4 rings (SSSR count). The van der Waals surface area contributed by atoms with Gasteiger partial charge in [-0.2, -0.15) is 0 Å². The van der Waals surface area contributed by atoms with Crippen molar-refractivity contribution in [1.29, 1.82) is 0 Å². The zero-order chi connectivity index (χ0) is 29.9. The fraction of sp³-hybridized carbons (Fsp3) is 0.500. The molecule has 41 heavy (non-hydrogen) atoms. The fourth-order valence-corrected chi connectivity index (χ4v) is 6.48. The van der Waals surface area contributed by atoms with Gasteiger partial charge in [-0.1, -0.05) is 16.9 Å². The minimum absolute atomic E-state index is 0.0109. The molecule has 16 nitrogen and oxygen atoms in total. The number of aryl methyl sites for hydroxylation is 1. The second kappa shape index (κ2) is 12.4.